The topological polar surface area (TPSA) is 64.6 Å². The van der Waals surface area contributed by atoms with Crippen molar-refractivity contribution in [3.8, 4) is 5.75 Å². The molecule has 0 saturated carbocycles. The van der Waals surface area contributed by atoms with Crippen LogP contribution >= 0.6 is 0 Å². The van der Waals surface area contributed by atoms with Crippen LogP contribution in [0.4, 0.5) is 10.5 Å². The zero-order valence-corrected chi connectivity index (χ0v) is 11.8. The van der Waals surface area contributed by atoms with E-state index >= 15 is 0 Å². The number of benzene rings is 2. The number of carbonyl (C=O) groups excluding carboxylic acids is 2. The van der Waals surface area contributed by atoms with Gasteiger partial charge in [0.15, 0.2) is 0 Å². The summed E-state index contributed by atoms with van der Waals surface area (Å²) in [4.78, 5) is 23.0. The van der Waals surface area contributed by atoms with Crippen LogP contribution in [-0.4, -0.2) is 18.7 Å². The van der Waals surface area contributed by atoms with E-state index in [0.717, 1.165) is 5.56 Å². The Morgan fingerprint density at radius 1 is 1.14 bits per heavy atom. The molecule has 0 aromatic heterocycles. The van der Waals surface area contributed by atoms with E-state index in [9.17, 15) is 9.59 Å². The maximum Gasteiger partial charge on any atom is 0.417 e. The van der Waals surface area contributed by atoms with Gasteiger partial charge in [-0.1, -0.05) is 30.3 Å². The van der Waals surface area contributed by atoms with Crippen LogP contribution < -0.4 is 10.1 Å². The number of anilines is 1. The van der Waals surface area contributed by atoms with Gasteiger partial charge in [0.1, 0.15) is 5.75 Å². The van der Waals surface area contributed by atoms with E-state index in [1.54, 1.807) is 30.3 Å². The lowest BCUT2D eigenvalue weighted by Crippen LogP contribution is -2.16. The number of nitrogens with one attached hydrogen (secondary N) is 1. The molecule has 1 heterocycles. The fourth-order valence-electron chi connectivity index (χ4n) is 2.33. The normalized spacial score (nSPS) is 16.9. The van der Waals surface area contributed by atoms with Gasteiger partial charge in [0.05, 0.1) is 13.0 Å². The highest BCUT2D eigenvalue weighted by atomic mass is 16.6. The number of esters is 1. The largest absolute Gasteiger partial charge is 0.465 e. The number of hydrogen-bond acceptors (Lipinski definition) is 4. The minimum Gasteiger partial charge on any atom is -0.465 e. The fourth-order valence-corrected chi connectivity index (χ4v) is 2.33. The van der Waals surface area contributed by atoms with Crippen molar-refractivity contribution in [2.75, 3.05) is 11.9 Å². The number of para-hydroxylation sites is 1. The van der Waals surface area contributed by atoms with Crippen LogP contribution in [0.2, 0.25) is 0 Å². The molecule has 0 bridgehead atoms. The summed E-state index contributed by atoms with van der Waals surface area (Å²) in [5.74, 6) is 0.261. The summed E-state index contributed by atoms with van der Waals surface area (Å²) in [6, 6.07) is 16.2. The highest BCUT2D eigenvalue weighted by molar-refractivity contribution is 5.86. The average molecular weight is 297 g/mol. The molecule has 2 aromatic rings. The van der Waals surface area contributed by atoms with E-state index in [1.807, 2.05) is 24.3 Å². The highest BCUT2D eigenvalue weighted by Crippen LogP contribution is 2.28. The molecular formula is C17H15NO4. The smallest absolute Gasteiger partial charge is 0.417 e. The van der Waals surface area contributed by atoms with Gasteiger partial charge in [0.2, 0.25) is 0 Å². The summed E-state index contributed by atoms with van der Waals surface area (Å²) in [6.45, 7) is 0.374. The molecule has 1 aliphatic rings. The summed E-state index contributed by atoms with van der Waals surface area (Å²) >= 11 is 0. The van der Waals surface area contributed by atoms with E-state index in [0.29, 0.717) is 24.5 Å². The lowest BCUT2D eigenvalue weighted by molar-refractivity contribution is -0.137. The highest BCUT2D eigenvalue weighted by Gasteiger charge is 2.25. The summed E-state index contributed by atoms with van der Waals surface area (Å²) in [6.07, 6.45) is -0.193. The third-order valence-corrected chi connectivity index (χ3v) is 3.42. The molecule has 22 heavy (non-hydrogen) atoms. The van der Waals surface area contributed by atoms with Gasteiger partial charge in [-0.05, 0) is 29.8 Å². The first-order chi connectivity index (χ1) is 10.7. The van der Waals surface area contributed by atoms with Crippen LogP contribution in [0.25, 0.3) is 0 Å². The van der Waals surface area contributed by atoms with E-state index in [4.69, 9.17) is 9.47 Å². The van der Waals surface area contributed by atoms with Gasteiger partial charge in [0, 0.05) is 11.6 Å². The van der Waals surface area contributed by atoms with Crippen LogP contribution in [0.1, 0.15) is 17.9 Å². The predicted octanol–water partition coefficient (Wildman–Crippen LogP) is 3.33. The van der Waals surface area contributed by atoms with E-state index in [1.165, 1.54) is 0 Å². The van der Waals surface area contributed by atoms with Crippen LogP contribution in [0.3, 0.4) is 0 Å². The predicted molar refractivity (Wildman–Crippen MR) is 80.8 cm³/mol. The zero-order valence-electron chi connectivity index (χ0n) is 11.8. The minimum atomic E-state index is -0.554. The monoisotopic (exact) mass is 297 g/mol. The van der Waals surface area contributed by atoms with Crippen molar-refractivity contribution >= 4 is 17.7 Å². The van der Waals surface area contributed by atoms with Crippen molar-refractivity contribution in [3.05, 3.63) is 60.2 Å². The Morgan fingerprint density at radius 2 is 1.95 bits per heavy atom. The fraction of sp³-hybridized carbons (Fsp3) is 0.176. The molecule has 5 nitrogen and oxygen atoms in total. The van der Waals surface area contributed by atoms with Gasteiger partial charge in [-0.2, -0.15) is 0 Å². The third-order valence-electron chi connectivity index (χ3n) is 3.42. The molecule has 3 rings (SSSR count). The Morgan fingerprint density at radius 3 is 2.68 bits per heavy atom. The standard InChI is InChI=1S/C17H15NO4/c19-16-10-13(11-21-16)12-5-4-8-15(9-12)22-17(20)18-14-6-2-1-3-7-14/h1-9,13H,10-11H2,(H,18,20)/t13-/m1/s1. The molecule has 5 heteroatoms. The van der Waals surface area contributed by atoms with E-state index in [-0.39, 0.29) is 11.9 Å². The molecule has 1 aliphatic heterocycles. The molecule has 0 unspecified atom stereocenters. The number of cyclic esters (lactones) is 1. The lowest BCUT2D eigenvalue weighted by Gasteiger charge is -2.10. The Hall–Kier alpha value is -2.82. The van der Waals surface area contributed by atoms with Crippen molar-refractivity contribution < 1.29 is 19.1 Å². The van der Waals surface area contributed by atoms with Crippen LogP contribution in [0.5, 0.6) is 5.75 Å². The first kappa shape index (κ1) is 14.1. The molecular weight excluding hydrogens is 282 g/mol. The maximum absolute atomic E-state index is 11.9. The zero-order chi connectivity index (χ0) is 15.4. The molecule has 0 spiro atoms. The number of carbonyl (C=O) groups is 2. The van der Waals surface area contributed by atoms with Gasteiger partial charge in [-0.25, -0.2) is 4.79 Å². The Labute approximate surface area is 127 Å². The van der Waals surface area contributed by atoms with Crippen molar-refractivity contribution in [2.45, 2.75) is 12.3 Å². The third kappa shape index (κ3) is 3.44. The lowest BCUT2D eigenvalue weighted by atomic mass is 9.98. The first-order valence-electron chi connectivity index (χ1n) is 7.00. The van der Waals surface area contributed by atoms with Crippen molar-refractivity contribution in [2.24, 2.45) is 0 Å². The van der Waals surface area contributed by atoms with E-state index in [2.05, 4.69) is 5.32 Å². The molecule has 1 fully saturated rings. The minimum absolute atomic E-state index is 0.0215. The van der Waals surface area contributed by atoms with Gasteiger partial charge in [-0.15, -0.1) is 0 Å². The summed E-state index contributed by atoms with van der Waals surface area (Å²) in [5, 5.41) is 2.65. The Bertz CT molecular complexity index is 684. The molecule has 0 radical (unpaired) electrons. The first-order valence-corrected chi connectivity index (χ1v) is 7.00. The molecule has 1 atom stereocenters. The molecule has 1 amide bonds. The number of rotatable bonds is 3. The van der Waals surface area contributed by atoms with Gasteiger partial charge in [-0.3, -0.25) is 10.1 Å². The Balaban J connectivity index is 1.65. The SMILES string of the molecule is O=C1C[C@@H](c2cccc(OC(=O)Nc3ccccc3)c2)CO1. The summed E-state index contributed by atoms with van der Waals surface area (Å²) in [5.41, 5.74) is 1.59. The number of ether oxygens (including phenoxy) is 2. The second kappa shape index (κ2) is 6.30. The second-order valence-corrected chi connectivity index (χ2v) is 5.04. The van der Waals surface area contributed by atoms with Crippen molar-refractivity contribution in [1.82, 2.24) is 0 Å². The van der Waals surface area contributed by atoms with Gasteiger partial charge < -0.3 is 9.47 Å². The number of amides is 1. The van der Waals surface area contributed by atoms with E-state index < -0.39 is 6.09 Å². The molecule has 1 saturated heterocycles. The summed E-state index contributed by atoms with van der Waals surface area (Å²) < 4.78 is 10.2. The second-order valence-electron chi connectivity index (χ2n) is 5.04. The van der Waals surface area contributed by atoms with Gasteiger partial charge >= 0.3 is 12.1 Å². The van der Waals surface area contributed by atoms with Crippen LogP contribution in [0, 0.1) is 0 Å². The van der Waals surface area contributed by atoms with Crippen molar-refractivity contribution in [1.29, 1.82) is 0 Å². The maximum atomic E-state index is 11.9. The molecule has 1 N–H and O–H groups in total. The van der Waals surface area contributed by atoms with Gasteiger partial charge in [0.25, 0.3) is 0 Å². The summed E-state index contributed by atoms with van der Waals surface area (Å²) in [7, 11) is 0. The molecule has 2 aromatic carbocycles. The molecule has 112 valence electrons. The van der Waals surface area contributed by atoms with Crippen molar-refractivity contribution in [3.63, 3.8) is 0 Å². The van der Waals surface area contributed by atoms with Crippen LogP contribution in [0.15, 0.2) is 54.6 Å². The number of hydrogen-bond donors (Lipinski definition) is 1. The average Bonchev–Trinajstić information content (AvgIpc) is 2.95. The quantitative estimate of drug-likeness (QED) is 0.883. The molecule has 0 aliphatic carbocycles. The van der Waals surface area contributed by atoms with Crippen LogP contribution in [-0.2, 0) is 9.53 Å². The Kier molecular flexibility index (Phi) is 4.05.